The Morgan fingerprint density at radius 2 is 1.94 bits per heavy atom. The summed E-state index contributed by atoms with van der Waals surface area (Å²) in [6.45, 7) is 10.3. The number of hydrogen-bond acceptors (Lipinski definition) is 4. The standard InChI is InChI=1S/C12H28N2O2/c1-4-6-14(7-9-16-10-8-15)12(3,5-2)11-13/h15H,4-11,13H2,1-3H3. The van der Waals surface area contributed by atoms with Gasteiger partial charge >= 0.3 is 0 Å². The topological polar surface area (TPSA) is 58.7 Å². The molecule has 0 aromatic rings. The molecule has 4 nitrogen and oxygen atoms in total. The molecule has 3 N–H and O–H groups in total. The summed E-state index contributed by atoms with van der Waals surface area (Å²) in [4.78, 5) is 2.39. The van der Waals surface area contributed by atoms with Gasteiger partial charge < -0.3 is 15.6 Å². The van der Waals surface area contributed by atoms with Crippen LogP contribution in [-0.2, 0) is 4.74 Å². The van der Waals surface area contributed by atoms with Gasteiger partial charge in [-0.2, -0.15) is 0 Å². The van der Waals surface area contributed by atoms with Gasteiger partial charge in [-0.25, -0.2) is 0 Å². The van der Waals surface area contributed by atoms with Gasteiger partial charge in [0.25, 0.3) is 0 Å². The van der Waals surface area contributed by atoms with Gasteiger partial charge in [0, 0.05) is 18.6 Å². The monoisotopic (exact) mass is 232 g/mol. The van der Waals surface area contributed by atoms with Crippen molar-refractivity contribution in [2.24, 2.45) is 5.73 Å². The van der Waals surface area contributed by atoms with Crippen LogP contribution >= 0.6 is 0 Å². The highest BCUT2D eigenvalue weighted by molar-refractivity contribution is 4.85. The fraction of sp³-hybridized carbons (Fsp3) is 1.00. The van der Waals surface area contributed by atoms with E-state index in [2.05, 4.69) is 25.7 Å². The van der Waals surface area contributed by atoms with E-state index in [1.165, 1.54) is 0 Å². The zero-order valence-corrected chi connectivity index (χ0v) is 11.0. The lowest BCUT2D eigenvalue weighted by Crippen LogP contribution is -2.52. The Kier molecular flexibility index (Phi) is 8.84. The lowest BCUT2D eigenvalue weighted by Gasteiger charge is -2.40. The summed E-state index contributed by atoms with van der Waals surface area (Å²) in [7, 11) is 0. The minimum absolute atomic E-state index is 0.0680. The summed E-state index contributed by atoms with van der Waals surface area (Å²) < 4.78 is 5.31. The van der Waals surface area contributed by atoms with Crippen LogP contribution in [0.4, 0.5) is 0 Å². The fourth-order valence-corrected chi connectivity index (χ4v) is 1.76. The predicted molar refractivity (Wildman–Crippen MR) is 67.5 cm³/mol. The van der Waals surface area contributed by atoms with E-state index in [0.717, 1.165) is 25.9 Å². The summed E-state index contributed by atoms with van der Waals surface area (Å²) in [6.07, 6.45) is 2.17. The maximum absolute atomic E-state index is 8.63. The molecule has 0 aliphatic rings. The number of aliphatic hydroxyl groups excluding tert-OH is 1. The van der Waals surface area contributed by atoms with Crippen LogP contribution in [0.15, 0.2) is 0 Å². The molecule has 0 aromatic carbocycles. The summed E-state index contributed by atoms with van der Waals surface area (Å²) in [5, 5.41) is 8.63. The number of rotatable bonds is 10. The molecule has 0 aromatic heterocycles. The second kappa shape index (κ2) is 8.93. The molecular weight excluding hydrogens is 204 g/mol. The van der Waals surface area contributed by atoms with Crippen LogP contribution in [0, 0.1) is 0 Å². The van der Waals surface area contributed by atoms with E-state index < -0.39 is 0 Å². The van der Waals surface area contributed by atoms with Gasteiger partial charge in [0.1, 0.15) is 0 Å². The smallest absolute Gasteiger partial charge is 0.0698 e. The van der Waals surface area contributed by atoms with E-state index in [1.54, 1.807) is 0 Å². The van der Waals surface area contributed by atoms with Crippen LogP contribution < -0.4 is 5.73 Å². The molecule has 0 radical (unpaired) electrons. The first-order chi connectivity index (χ1) is 7.64. The molecule has 0 saturated heterocycles. The third-order valence-electron chi connectivity index (χ3n) is 3.20. The lowest BCUT2D eigenvalue weighted by atomic mass is 9.96. The quantitative estimate of drug-likeness (QED) is 0.548. The van der Waals surface area contributed by atoms with Crippen molar-refractivity contribution in [2.45, 2.75) is 39.2 Å². The Morgan fingerprint density at radius 1 is 1.25 bits per heavy atom. The molecule has 0 rings (SSSR count). The highest BCUT2D eigenvalue weighted by Gasteiger charge is 2.27. The zero-order valence-electron chi connectivity index (χ0n) is 11.0. The second-order valence-corrected chi connectivity index (χ2v) is 4.38. The number of hydrogen-bond donors (Lipinski definition) is 2. The second-order valence-electron chi connectivity index (χ2n) is 4.38. The first-order valence-electron chi connectivity index (χ1n) is 6.28. The van der Waals surface area contributed by atoms with E-state index >= 15 is 0 Å². The van der Waals surface area contributed by atoms with E-state index in [-0.39, 0.29) is 12.1 Å². The third-order valence-corrected chi connectivity index (χ3v) is 3.20. The predicted octanol–water partition coefficient (Wildman–Crippen LogP) is 0.835. The van der Waals surface area contributed by atoms with Crippen molar-refractivity contribution < 1.29 is 9.84 Å². The minimum Gasteiger partial charge on any atom is -0.394 e. The zero-order chi connectivity index (χ0) is 12.4. The molecule has 0 saturated carbocycles. The summed E-state index contributed by atoms with van der Waals surface area (Å²) in [5.74, 6) is 0. The Balaban J connectivity index is 4.13. The van der Waals surface area contributed by atoms with Crippen LogP contribution in [0.25, 0.3) is 0 Å². The highest BCUT2D eigenvalue weighted by Crippen LogP contribution is 2.17. The lowest BCUT2D eigenvalue weighted by molar-refractivity contribution is 0.0382. The van der Waals surface area contributed by atoms with Crippen LogP contribution in [0.2, 0.25) is 0 Å². The third kappa shape index (κ3) is 5.25. The molecule has 1 unspecified atom stereocenters. The average Bonchev–Trinajstić information content (AvgIpc) is 2.32. The number of nitrogens with two attached hydrogens (primary N) is 1. The van der Waals surface area contributed by atoms with Crippen molar-refractivity contribution in [3.63, 3.8) is 0 Å². The van der Waals surface area contributed by atoms with Crippen molar-refractivity contribution in [1.29, 1.82) is 0 Å². The molecule has 0 aliphatic carbocycles. The Labute approximate surface area is 99.8 Å². The maximum Gasteiger partial charge on any atom is 0.0698 e. The van der Waals surface area contributed by atoms with Crippen LogP contribution in [-0.4, -0.2) is 55.0 Å². The Hall–Kier alpha value is -0.160. The van der Waals surface area contributed by atoms with Crippen LogP contribution in [0.3, 0.4) is 0 Å². The molecular formula is C12H28N2O2. The number of ether oxygens (including phenoxy) is 1. The van der Waals surface area contributed by atoms with Crippen LogP contribution in [0.1, 0.15) is 33.6 Å². The summed E-state index contributed by atoms with van der Waals surface area (Å²) in [6, 6.07) is 0. The molecule has 1 atom stereocenters. The van der Waals surface area contributed by atoms with Crippen LogP contribution in [0.5, 0.6) is 0 Å². The van der Waals surface area contributed by atoms with Gasteiger partial charge in [-0.1, -0.05) is 13.8 Å². The Morgan fingerprint density at radius 3 is 2.38 bits per heavy atom. The van der Waals surface area contributed by atoms with Gasteiger partial charge in [0.15, 0.2) is 0 Å². The molecule has 98 valence electrons. The first-order valence-corrected chi connectivity index (χ1v) is 6.28. The fourth-order valence-electron chi connectivity index (χ4n) is 1.76. The minimum atomic E-state index is 0.0680. The SMILES string of the molecule is CCCN(CCOCCO)C(C)(CC)CN. The van der Waals surface area contributed by atoms with E-state index in [4.69, 9.17) is 15.6 Å². The number of nitrogens with zero attached hydrogens (tertiary/aromatic N) is 1. The molecule has 0 heterocycles. The summed E-state index contributed by atoms with van der Waals surface area (Å²) in [5.41, 5.74) is 5.92. The Bertz CT molecular complexity index is 161. The summed E-state index contributed by atoms with van der Waals surface area (Å²) >= 11 is 0. The average molecular weight is 232 g/mol. The molecule has 4 heteroatoms. The van der Waals surface area contributed by atoms with Crippen molar-refractivity contribution >= 4 is 0 Å². The van der Waals surface area contributed by atoms with Gasteiger partial charge in [-0.3, -0.25) is 4.90 Å². The molecule has 0 bridgehead atoms. The van der Waals surface area contributed by atoms with Gasteiger partial charge in [0.05, 0.1) is 19.8 Å². The highest BCUT2D eigenvalue weighted by atomic mass is 16.5. The van der Waals surface area contributed by atoms with Crippen molar-refractivity contribution in [3.05, 3.63) is 0 Å². The molecule has 0 spiro atoms. The molecule has 0 fully saturated rings. The molecule has 0 aliphatic heterocycles. The molecule has 16 heavy (non-hydrogen) atoms. The van der Waals surface area contributed by atoms with E-state index in [9.17, 15) is 0 Å². The van der Waals surface area contributed by atoms with E-state index in [1.807, 2.05) is 0 Å². The van der Waals surface area contributed by atoms with Gasteiger partial charge in [0.2, 0.25) is 0 Å². The largest absolute Gasteiger partial charge is 0.394 e. The van der Waals surface area contributed by atoms with Crippen molar-refractivity contribution in [3.8, 4) is 0 Å². The number of aliphatic hydroxyl groups is 1. The van der Waals surface area contributed by atoms with Crippen molar-refractivity contribution in [2.75, 3.05) is 39.5 Å². The first kappa shape index (κ1) is 15.8. The van der Waals surface area contributed by atoms with Crippen molar-refractivity contribution in [1.82, 2.24) is 4.90 Å². The van der Waals surface area contributed by atoms with Gasteiger partial charge in [-0.05, 0) is 26.3 Å². The molecule has 0 amide bonds. The van der Waals surface area contributed by atoms with Gasteiger partial charge in [-0.15, -0.1) is 0 Å². The normalized spacial score (nSPS) is 15.4. The maximum atomic E-state index is 8.63. The van der Waals surface area contributed by atoms with E-state index in [0.29, 0.717) is 19.8 Å².